The number of benzene rings is 4. The van der Waals surface area contributed by atoms with Crippen molar-refractivity contribution in [1.29, 1.82) is 0 Å². The molecule has 4 aromatic carbocycles. The van der Waals surface area contributed by atoms with Crippen LogP contribution >= 0.6 is 34.2 Å². The van der Waals surface area contributed by atoms with E-state index in [2.05, 4.69) is 42.5 Å². The van der Waals surface area contributed by atoms with Crippen molar-refractivity contribution >= 4 is 51.3 Å². The Bertz CT molecular complexity index is 1900. The molecule has 0 saturated carbocycles. The molecule has 0 N–H and O–H groups in total. The molecule has 0 atom stereocenters. The summed E-state index contributed by atoms with van der Waals surface area (Å²) in [4.78, 5) is 18.8. The molecule has 0 amide bonds. The Labute approximate surface area is 275 Å². The molecule has 7 nitrogen and oxygen atoms in total. The van der Waals surface area contributed by atoms with Crippen molar-refractivity contribution in [3.8, 4) is 28.6 Å². The van der Waals surface area contributed by atoms with Crippen LogP contribution in [0.4, 0.5) is 0 Å². The first kappa shape index (κ1) is 31.5. The van der Waals surface area contributed by atoms with Gasteiger partial charge in [-0.2, -0.15) is 9.78 Å². The topological polar surface area (TPSA) is 74.9 Å². The molecule has 0 aliphatic carbocycles. The van der Waals surface area contributed by atoms with Gasteiger partial charge in [-0.15, -0.1) is 0 Å². The van der Waals surface area contributed by atoms with E-state index in [9.17, 15) is 4.79 Å². The third-order valence-corrected chi connectivity index (χ3v) is 8.20. The van der Waals surface area contributed by atoms with Gasteiger partial charge in [0.2, 0.25) is 0 Å². The Morgan fingerprint density at radius 3 is 2.48 bits per heavy atom. The zero-order chi connectivity index (χ0) is 31.4. The Morgan fingerprint density at radius 1 is 1.02 bits per heavy atom. The molecular weight excluding hydrogens is 689 g/mol. The summed E-state index contributed by atoms with van der Waals surface area (Å²) in [5.74, 6) is 2.67. The molecule has 0 saturated heterocycles. The quantitative estimate of drug-likeness (QED) is 0.107. The molecule has 44 heavy (non-hydrogen) atoms. The fourth-order valence-corrected chi connectivity index (χ4v) is 5.80. The fraction of sp³-hybridized carbons (Fsp3) is 0.229. The highest BCUT2D eigenvalue weighted by atomic mass is 127. The summed E-state index contributed by atoms with van der Waals surface area (Å²) in [6.07, 6.45) is 1.64. The second kappa shape index (κ2) is 13.8. The van der Waals surface area contributed by atoms with Crippen molar-refractivity contribution in [2.24, 2.45) is 5.10 Å². The molecule has 0 aliphatic rings. The van der Waals surface area contributed by atoms with E-state index in [-0.39, 0.29) is 11.5 Å². The molecule has 0 fully saturated rings. The number of halogens is 2. The zero-order valence-corrected chi connectivity index (χ0v) is 28.1. The molecule has 0 radical (unpaired) electrons. The summed E-state index contributed by atoms with van der Waals surface area (Å²) in [5.41, 5.74) is 4.86. The maximum atomic E-state index is 13.9. The molecular formula is C35H33ClIN3O4. The lowest BCUT2D eigenvalue weighted by Gasteiger charge is -2.18. The molecule has 9 heteroatoms. The second-order valence-electron chi connectivity index (χ2n) is 10.6. The number of methoxy groups -OCH3 is 1. The van der Waals surface area contributed by atoms with Crippen molar-refractivity contribution in [3.05, 3.63) is 114 Å². The predicted molar refractivity (Wildman–Crippen MR) is 186 cm³/mol. The van der Waals surface area contributed by atoms with E-state index in [1.54, 1.807) is 19.4 Å². The Hall–Kier alpha value is -3.89. The van der Waals surface area contributed by atoms with Gasteiger partial charge in [-0.1, -0.05) is 49.7 Å². The third kappa shape index (κ3) is 6.76. The Morgan fingerprint density at radius 2 is 1.77 bits per heavy atom. The standard InChI is InChI=1S/C35H33ClIN3O4/c1-6-43-31-15-22(4)28(18-27(31)21(2)3)34-39-30-10-8-7-9-26(30)35(41)40(34)38-19-24-16-29(37)33(32(17-24)42-5)44-20-23-11-13-25(36)14-12-23/h7-19,21H,6,20H2,1-5H3. The van der Waals surface area contributed by atoms with Crippen LogP contribution in [0.2, 0.25) is 5.02 Å². The lowest BCUT2D eigenvalue weighted by atomic mass is 9.96. The zero-order valence-electron chi connectivity index (χ0n) is 25.2. The lowest BCUT2D eigenvalue weighted by Crippen LogP contribution is -2.21. The summed E-state index contributed by atoms with van der Waals surface area (Å²) in [6, 6.07) is 22.7. The van der Waals surface area contributed by atoms with Gasteiger partial charge in [-0.25, -0.2) is 4.98 Å². The van der Waals surface area contributed by atoms with E-state index in [4.69, 9.17) is 35.9 Å². The van der Waals surface area contributed by atoms with E-state index < -0.39 is 0 Å². The fourth-order valence-electron chi connectivity index (χ4n) is 4.89. The SMILES string of the molecule is CCOc1cc(C)c(-c2nc3ccccc3c(=O)n2N=Cc2cc(I)c(OCc3ccc(Cl)cc3)c(OC)c2)cc1C(C)C. The van der Waals surface area contributed by atoms with Gasteiger partial charge in [0, 0.05) is 10.6 Å². The van der Waals surface area contributed by atoms with E-state index in [0.29, 0.717) is 46.5 Å². The van der Waals surface area contributed by atoms with Gasteiger partial charge < -0.3 is 14.2 Å². The van der Waals surface area contributed by atoms with Crippen molar-refractivity contribution in [2.45, 2.75) is 40.2 Å². The molecule has 0 aliphatic heterocycles. The molecule has 226 valence electrons. The van der Waals surface area contributed by atoms with E-state index in [1.165, 1.54) is 4.68 Å². The Balaban J connectivity index is 1.58. The average molecular weight is 722 g/mol. The lowest BCUT2D eigenvalue weighted by molar-refractivity contribution is 0.282. The smallest absolute Gasteiger partial charge is 0.282 e. The monoisotopic (exact) mass is 721 g/mol. The predicted octanol–water partition coefficient (Wildman–Crippen LogP) is 8.62. The number of rotatable bonds is 10. The second-order valence-corrected chi connectivity index (χ2v) is 12.2. The minimum Gasteiger partial charge on any atom is -0.494 e. The van der Waals surface area contributed by atoms with Crippen molar-refractivity contribution in [1.82, 2.24) is 9.66 Å². The third-order valence-electron chi connectivity index (χ3n) is 7.14. The van der Waals surface area contributed by atoms with Crippen LogP contribution in [0.25, 0.3) is 22.3 Å². The van der Waals surface area contributed by atoms with Gasteiger partial charge in [-0.05, 0) is 113 Å². The van der Waals surface area contributed by atoms with Crippen LogP contribution in [0.5, 0.6) is 17.2 Å². The first-order chi connectivity index (χ1) is 21.2. The van der Waals surface area contributed by atoms with Crippen LogP contribution in [0.3, 0.4) is 0 Å². The molecule has 5 rings (SSSR count). The number of fused-ring (bicyclic) bond motifs is 1. The number of para-hydroxylation sites is 1. The summed E-state index contributed by atoms with van der Waals surface area (Å²) in [7, 11) is 1.60. The maximum absolute atomic E-state index is 13.9. The van der Waals surface area contributed by atoms with Crippen molar-refractivity contribution in [2.75, 3.05) is 13.7 Å². The van der Waals surface area contributed by atoms with Crippen LogP contribution < -0.4 is 19.8 Å². The van der Waals surface area contributed by atoms with Gasteiger partial charge in [0.05, 0.1) is 34.4 Å². The highest BCUT2D eigenvalue weighted by molar-refractivity contribution is 14.1. The van der Waals surface area contributed by atoms with Gasteiger partial charge >= 0.3 is 0 Å². The van der Waals surface area contributed by atoms with Crippen molar-refractivity contribution < 1.29 is 14.2 Å². The van der Waals surface area contributed by atoms with Gasteiger partial charge in [-0.3, -0.25) is 4.79 Å². The summed E-state index contributed by atoms with van der Waals surface area (Å²) >= 11 is 8.23. The highest BCUT2D eigenvalue weighted by Crippen LogP contribution is 2.36. The first-order valence-corrected chi connectivity index (χ1v) is 15.7. The number of ether oxygens (including phenoxy) is 3. The van der Waals surface area contributed by atoms with E-state index in [1.807, 2.05) is 74.5 Å². The molecule has 0 bridgehead atoms. The summed E-state index contributed by atoms with van der Waals surface area (Å²) in [5, 5.41) is 5.86. The van der Waals surface area contributed by atoms with Crippen LogP contribution in [-0.2, 0) is 6.61 Å². The van der Waals surface area contributed by atoms with Gasteiger partial charge in [0.1, 0.15) is 12.4 Å². The number of aryl methyl sites for hydroxylation is 1. The molecule has 0 unspecified atom stereocenters. The molecule has 0 spiro atoms. The van der Waals surface area contributed by atoms with Crippen LogP contribution in [0.1, 0.15) is 48.9 Å². The normalized spacial score (nSPS) is 11.5. The first-order valence-electron chi connectivity index (χ1n) is 14.3. The number of aromatic nitrogens is 2. The minimum absolute atomic E-state index is 0.204. The van der Waals surface area contributed by atoms with Crippen molar-refractivity contribution in [3.63, 3.8) is 0 Å². The van der Waals surface area contributed by atoms with Crippen LogP contribution in [0, 0.1) is 10.5 Å². The summed E-state index contributed by atoms with van der Waals surface area (Å²) in [6.45, 7) is 9.13. The highest BCUT2D eigenvalue weighted by Gasteiger charge is 2.19. The molecule has 5 aromatic rings. The van der Waals surface area contributed by atoms with Crippen LogP contribution in [-0.4, -0.2) is 29.6 Å². The van der Waals surface area contributed by atoms with Gasteiger partial charge in [0.15, 0.2) is 17.3 Å². The molecule has 1 heterocycles. The van der Waals surface area contributed by atoms with Crippen LogP contribution in [0.15, 0.2) is 82.7 Å². The largest absolute Gasteiger partial charge is 0.494 e. The Kier molecular flexibility index (Phi) is 9.90. The number of hydrogen-bond donors (Lipinski definition) is 0. The average Bonchev–Trinajstić information content (AvgIpc) is 3.00. The molecule has 1 aromatic heterocycles. The minimum atomic E-state index is -0.259. The maximum Gasteiger partial charge on any atom is 0.282 e. The van der Waals surface area contributed by atoms with E-state index >= 15 is 0 Å². The van der Waals surface area contributed by atoms with E-state index in [0.717, 1.165) is 37.1 Å². The summed E-state index contributed by atoms with van der Waals surface area (Å²) < 4.78 is 20.0. The van der Waals surface area contributed by atoms with Gasteiger partial charge in [0.25, 0.3) is 5.56 Å². The number of nitrogens with zero attached hydrogens (tertiary/aromatic N) is 3. The number of hydrogen-bond acceptors (Lipinski definition) is 6.